The molecule has 1 saturated carbocycles. The normalized spacial score (nSPS) is 28.0. The van der Waals surface area contributed by atoms with Gasteiger partial charge in [0.05, 0.1) is 30.7 Å². The number of rotatable bonds is 6. The molecule has 4 rings (SSSR count). The molecular formula is C24H27F3N2O3. The lowest BCUT2D eigenvalue weighted by Crippen LogP contribution is -2.46. The van der Waals surface area contributed by atoms with Crippen molar-refractivity contribution in [3.8, 4) is 0 Å². The molecule has 0 radical (unpaired) electrons. The number of carbonyl (C=O) groups excluding carboxylic acids is 2. The molecule has 2 fully saturated rings. The van der Waals surface area contributed by atoms with Crippen molar-refractivity contribution in [1.29, 1.82) is 0 Å². The highest BCUT2D eigenvalue weighted by atomic mass is 19.4. The summed E-state index contributed by atoms with van der Waals surface area (Å²) in [6, 6.07) is 6.70. The van der Waals surface area contributed by atoms with Crippen molar-refractivity contribution in [3.63, 3.8) is 0 Å². The fourth-order valence-electron chi connectivity index (χ4n) is 4.68. The Balaban J connectivity index is 1.37. The first-order valence-electron chi connectivity index (χ1n) is 10.9. The Labute approximate surface area is 185 Å². The number of ether oxygens (including phenoxy) is 1. The van der Waals surface area contributed by atoms with E-state index in [9.17, 15) is 22.8 Å². The number of hydrogen-bond acceptors (Lipinski definition) is 4. The van der Waals surface area contributed by atoms with Crippen LogP contribution in [0, 0.1) is 11.8 Å². The maximum absolute atomic E-state index is 13.0. The molecule has 1 heterocycles. The maximum Gasteiger partial charge on any atom is 0.395 e. The molecule has 2 aliphatic carbocycles. The van der Waals surface area contributed by atoms with Gasteiger partial charge in [-0.2, -0.15) is 13.2 Å². The lowest BCUT2D eigenvalue weighted by atomic mass is 9.95. The van der Waals surface area contributed by atoms with Crippen LogP contribution in [0.4, 0.5) is 13.2 Å². The van der Waals surface area contributed by atoms with Gasteiger partial charge in [0.1, 0.15) is 0 Å². The molecule has 1 amide bonds. The van der Waals surface area contributed by atoms with E-state index in [2.05, 4.69) is 10.2 Å². The summed E-state index contributed by atoms with van der Waals surface area (Å²) < 4.78 is 43.4. The van der Waals surface area contributed by atoms with Crippen LogP contribution in [-0.2, 0) is 9.53 Å². The molecule has 4 unspecified atom stereocenters. The number of fused-ring (bicyclic) bond motifs is 1. The summed E-state index contributed by atoms with van der Waals surface area (Å²) in [5.74, 6) is -1.43. The molecule has 1 aromatic rings. The Morgan fingerprint density at radius 3 is 2.53 bits per heavy atom. The number of amides is 1. The molecule has 5 atom stereocenters. The molecule has 1 aromatic carbocycles. The number of allylic oxidation sites excluding steroid dienone is 2. The number of likely N-dealkylation sites (tertiary alicyclic amines) is 1. The zero-order valence-corrected chi connectivity index (χ0v) is 18.1. The van der Waals surface area contributed by atoms with Crippen LogP contribution in [0.1, 0.15) is 48.1 Å². The highest BCUT2D eigenvalue weighted by Gasteiger charge is 2.54. The Hall–Kier alpha value is -2.61. The van der Waals surface area contributed by atoms with Crippen molar-refractivity contribution < 1.29 is 27.5 Å². The van der Waals surface area contributed by atoms with E-state index in [-0.39, 0.29) is 24.4 Å². The zero-order chi connectivity index (χ0) is 23.0. The van der Waals surface area contributed by atoms with E-state index in [4.69, 9.17) is 4.74 Å². The van der Waals surface area contributed by atoms with Crippen LogP contribution >= 0.6 is 0 Å². The van der Waals surface area contributed by atoms with Crippen LogP contribution in [0.3, 0.4) is 0 Å². The number of esters is 1. The van der Waals surface area contributed by atoms with Gasteiger partial charge in [0.2, 0.25) is 5.91 Å². The average molecular weight is 448 g/mol. The van der Waals surface area contributed by atoms with E-state index in [0.29, 0.717) is 24.1 Å². The average Bonchev–Trinajstić information content (AvgIpc) is 3.46. The Bertz CT molecular complexity index is 939. The number of carbonyl (C=O) groups is 2. The second kappa shape index (κ2) is 8.73. The van der Waals surface area contributed by atoms with Gasteiger partial charge in [0.25, 0.3) is 0 Å². The van der Waals surface area contributed by atoms with Crippen molar-refractivity contribution in [3.05, 3.63) is 59.2 Å². The predicted octanol–water partition coefficient (Wildman–Crippen LogP) is 4.18. The molecule has 1 saturated heterocycles. The van der Waals surface area contributed by atoms with Gasteiger partial charge >= 0.3 is 12.1 Å². The minimum Gasteiger partial charge on any atom is -0.465 e. The second-order valence-electron chi connectivity index (χ2n) is 8.85. The van der Waals surface area contributed by atoms with Gasteiger partial charge in [0, 0.05) is 12.6 Å². The largest absolute Gasteiger partial charge is 0.465 e. The van der Waals surface area contributed by atoms with Gasteiger partial charge in [0.15, 0.2) is 0 Å². The fourth-order valence-corrected chi connectivity index (χ4v) is 4.68. The standard InChI is InChI=1S/C24H27F3N2O3/c1-14(16-5-7-17(8-6-16)23(31)32-2)28-22(30)21-12-18-11-20(18)29(21)13-15-3-9-19(10-4-15)24(25,26)27/h3-9,14,18-21H,10-13H2,1-2H3,(H,28,30)/t14-,18?,19?,20?,21?/m0/s1. The number of nitrogens with zero attached hydrogens (tertiary/aromatic N) is 1. The third-order valence-electron chi connectivity index (χ3n) is 6.69. The van der Waals surface area contributed by atoms with E-state index < -0.39 is 18.1 Å². The lowest BCUT2D eigenvalue weighted by Gasteiger charge is -2.29. The van der Waals surface area contributed by atoms with E-state index >= 15 is 0 Å². The van der Waals surface area contributed by atoms with E-state index in [0.717, 1.165) is 24.0 Å². The van der Waals surface area contributed by atoms with Crippen molar-refractivity contribution >= 4 is 11.9 Å². The first-order chi connectivity index (χ1) is 15.2. The Morgan fingerprint density at radius 2 is 1.94 bits per heavy atom. The maximum atomic E-state index is 13.0. The lowest BCUT2D eigenvalue weighted by molar-refractivity contribution is -0.160. The zero-order valence-electron chi connectivity index (χ0n) is 18.1. The van der Waals surface area contributed by atoms with Crippen molar-refractivity contribution in [2.45, 2.75) is 50.5 Å². The highest BCUT2D eigenvalue weighted by molar-refractivity contribution is 5.89. The fraction of sp³-hybridized carbons (Fsp3) is 0.500. The first-order valence-corrected chi connectivity index (χ1v) is 10.9. The molecule has 0 spiro atoms. The minimum absolute atomic E-state index is 0.0489. The molecule has 8 heteroatoms. The summed E-state index contributed by atoms with van der Waals surface area (Å²) in [5, 5.41) is 3.05. The number of hydrogen-bond donors (Lipinski definition) is 1. The third kappa shape index (κ3) is 4.75. The Kier molecular flexibility index (Phi) is 6.16. The van der Waals surface area contributed by atoms with Crippen molar-refractivity contribution in [2.75, 3.05) is 13.7 Å². The highest BCUT2D eigenvalue weighted by Crippen LogP contribution is 2.48. The number of methoxy groups -OCH3 is 1. The van der Waals surface area contributed by atoms with Gasteiger partial charge in [-0.15, -0.1) is 0 Å². The molecule has 0 aromatic heterocycles. The summed E-state index contributed by atoms with van der Waals surface area (Å²) in [4.78, 5) is 26.8. The summed E-state index contributed by atoms with van der Waals surface area (Å²) in [6.45, 7) is 2.37. The summed E-state index contributed by atoms with van der Waals surface area (Å²) in [7, 11) is 1.32. The van der Waals surface area contributed by atoms with Crippen LogP contribution in [0.25, 0.3) is 0 Å². The van der Waals surface area contributed by atoms with Gasteiger partial charge < -0.3 is 10.1 Å². The summed E-state index contributed by atoms with van der Waals surface area (Å²) in [5.41, 5.74) is 2.15. The molecule has 1 N–H and O–H groups in total. The van der Waals surface area contributed by atoms with Gasteiger partial charge in [-0.25, -0.2) is 4.79 Å². The molecule has 3 aliphatic rings. The van der Waals surface area contributed by atoms with Crippen LogP contribution in [-0.4, -0.2) is 48.7 Å². The topological polar surface area (TPSA) is 58.6 Å². The van der Waals surface area contributed by atoms with Crippen molar-refractivity contribution in [1.82, 2.24) is 10.2 Å². The van der Waals surface area contributed by atoms with Crippen LogP contribution in [0.15, 0.2) is 48.1 Å². The van der Waals surface area contributed by atoms with Crippen molar-refractivity contribution in [2.24, 2.45) is 11.8 Å². The van der Waals surface area contributed by atoms with E-state index in [1.807, 2.05) is 6.92 Å². The molecule has 32 heavy (non-hydrogen) atoms. The van der Waals surface area contributed by atoms with Gasteiger partial charge in [-0.3, -0.25) is 9.69 Å². The molecule has 172 valence electrons. The second-order valence-corrected chi connectivity index (χ2v) is 8.85. The van der Waals surface area contributed by atoms with E-state index in [1.165, 1.54) is 13.2 Å². The summed E-state index contributed by atoms with van der Waals surface area (Å²) >= 11 is 0. The number of nitrogens with one attached hydrogen (secondary N) is 1. The van der Waals surface area contributed by atoms with E-state index in [1.54, 1.807) is 36.4 Å². The number of alkyl halides is 3. The van der Waals surface area contributed by atoms with Gasteiger partial charge in [-0.1, -0.05) is 30.4 Å². The van der Waals surface area contributed by atoms with Crippen LogP contribution in [0.2, 0.25) is 0 Å². The van der Waals surface area contributed by atoms with Gasteiger partial charge in [-0.05, 0) is 55.4 Å². The number of halogens is 3. The third-order valence-corrected chi connectivity index (χ3v) is 6.69. The van der Waals surface area contributed by atoms with Crippen LogP contribution in [0.5, 0.6) is 0 Å². The molecule has 5 nitrogen and oxygen atoms in total. The smallest absolute Gasteiger partial charge is 0.395 e. The minimum atomic E-state index is -4.22. The number of benzene rings is 1. The molecule has 1 aliphatic heterocycles. The summed E-state index contributed by atoms with van der Waals surface area (Å²) in [6.07, 6.45) is 1.97. The Morgan fingerprint density at radius 1 is 1.22 bits per heavy atom. The van der Waals surface area contributed by atoms with Crippen LogP contribution < -0.4 is 5.32 Å². The quantitative estimate of drug-likeness (QED) is 0.664. The monoisotopic (exact) mass is 448 g/mol. The number of piperidine rings is 1. The SMILES string of the molecule is COC(=O)c1ccc([C@H](C)NC(=O)C2CC3CC3N2CC2=CCC(C(F)(F)F)C=C2)cc1. The predicted molar refractivity (Wildman–Crippen MR) is 113 cm³/mol. The molecule has 0 bridgehead atoms. The first kappa shape index (κ1) is 22.6. The molecular weight excluding hydrogens is 421 g/mol.